The molecule has 3 nitrogen and oxygen atoms in total. The van der Waals surface area contributed by atoms with E-state index < -0.39 is 0 Å². The molecule has 1 amide bonds. The van der Waals surface area contributed by atoms with Crippen molar-refractivity contribution in [2.45, 2.75) is 6.42 Å². The lowest BCUT2D eigenvalue weighted by Gasteiger charge is -2.09. The number of hydrogen-bond acceptors (Lipinski definition) is 2. The molecule has 0 saturated heterocycles. The summed E-state index contributed by atoms with van der Waals surface area (Å²) < 4.78 is 0. The number of nitrogens with zero attached hydrogens (tertiary/aromatic N) is 1. The minimum atomic E-state index is -0.387. The van der Waals surface area contributed by atoms with Crippen LogP contribution in [-0.4, -0.2) is 18.7 Å². The first-order valence-electron chi connectivity index (χ1n) is 4.20. The van der Waals surface area contributed by atoms with Gasteiger partial charge in [-0.2, -0.15) is 0 Å². The Morgan fingerprint density at radius 1 is 1.46 bits per heavy atom. The van der Waals surface area contributed by atoms with Crippen molar-refractivity contribution < 1.29 is 4.79 Å². The van der Waals surface area contributed by atoms with E-state index in [1.807, 2.05) is 6.07 Å². The summed E-state index contributed by atoms with van der Waals surface area (Å²) >= 11 is 0. The van der Waals surface area contributed by atoms with E-state index in [2.05, 4.69) is 4.99 Å². The Bertz CT molecular complexity index is 383. The predicted molar refractivity (Wildman–Crippen MR) is 51.1 cm³/mol. The van der Waals surface area contributed by atoms with Crippen molar-refractivity contribution in [3.8, 4) is 0 Å². The van der Waals surface area contributed by atoms with E-state index in [1.54, 1.807) is 18.3 Å². The Balaban J connectivity index is 2.48. The Morgan fingerprint density at radius 3 is 3.08 bits per heavy atom. The summed E-state index contributed by atoms with van der Waals surface area (Å²) in [4.78, 5) is 15.0. The molecule has 2 N–H and O–H groups in total. The van der Waals surface area contributed by atoms with E-state index in [0.29, 0.717) is 5.56 Å². The molecule has 1 aliphatic heterocycles. The molecule has 0 bridgehead atoms. The Kier molecular flexibility index (Phi) is 1.85. The molecule has 1 heterocycles. The maximum Gasteiger partial charge on any atom is 0.248 e. The number of carbonyl (C=O) groups is 1. The summed E-state index contributed by atoms with van der Waals surface area (Å²) in [7, 11) is 0. The average Bonchev–Trinajstić information content (AvgIpc) is 2.17. The van der Waals surface area contributed by atoms with Crippen LogP contribution in [0.15, 0.2) is 23.2 Å². The highest BCUT2D eigenvalue weighted by Gasteiger charge is 2.07. The Labute approximate surface area is 76.3 Å². The molecule has 2 rings (SSSR count). The third-order valence-corrected chi connectivity index (χ3v) is 2.17. The minimum absolute atomic E-state index is 0.387. The molecule has 1 aliphatic rings. The molecule has 0 radical (unpaired) electrons. The van der Waals surface area contributed by atoms with Gasteiger partial charge in [0, 0.05) is 18.3 Å². The third-order valence-electron chi connectivity index (χ3n) is 2.17. The van der Waals surface area contributed by atoms with Crippen LogP contribution in [-0.2, 0) is 6.42 Å². The van der Waals surface area contributed by atoms with Crippen molar-refractivity contribution in [1.29, 1.82) is 0 Å². The van der Waals surface area contributed by atoms with Gasteiger partial charge < -0.3 is 5.73 Å². The number of aliphatic imine (C=N–C) groups is 1. The van der Waals surface area contributed by atoms with E-state index >= 15 is 0 Å². The first kappa shape index (κ1) is 7.98. The molecule has 0 saturated carbocycles. The van der Waals surface area contributed by atoms with Crippen molar-refractivity contribution in [2.75, 3.05) is 6.54 Å². The fourth-order valence-corrected chi connectivity index (χ4v) is 1.44. The molecular formula is C10H10N2O. The van der Waals surface area contributed by atoms with Gasteiger partial charge in [0.05, 0.1) is 0 Å². The highest BCUT2D eigenvalue weighted by molar-refractivity contribution is 5.95. The van der Waals surface area contributed by atoms with Gasteiger partial charge in [0.25, 0.3) is 0 Å². The number of hydrogen-bond donors (Lipinski definition) is 1. The molecule has 0 spiro atoms. The second-order valence-corrected chi connectivity index (χ2v) is 3.06. The maximum atomic E-state index is 10.9. The Hall–Kier alpha value is -1.64. The molecule has 0 fully saturated rings. The van der Waals surface area contributed by atoms with Crippen LogP contribution in [0.25, 0.3) is 0 Å². The van der Waals surface area contributed by atoms with Gasteiger partial charge in [0.15, 0.2) is 0 Å². The van der Waals surface area contributed by atoms with Crippen LogP contribution in [0.4, 0.5) is 0 Å². The van der Waals surface area contributed by atoms with Gasteiger partial charge in [-0.3, -0.25) is 9.79 Å². The summed E-state index contributed by atoms with van der Waals surface area (Å²) in [6.45, 7) is 0.836. The van der Waals surface area contributed by atoms with Crippen molar-refractivity contribution >= 4 is 12.1 Å². The minimum Gasteiger partial charge on any atom is -0.366 e. The third kappa shape index (κ3) is 1.45. The number of fused-ring (bicyclic) bond motifs is 1. The van der Waals surface area contributed by atoms with Crippen LogP contribution in [0.2, 0.25) is 0 Å². The first-order valence-corrected chi connectivity index (χ1v) is 4.20. The monoisotopic (exact) mass is 174 g/mol. The van der Waals surface area contributed by atoms with Gasteiger partial charge in [-0.05, 0) is 29.7 Å². The van der Waals surface area contributed by atoms with E-state index in [1.165, 1.54) is 5.56 Å². The molecule has 0 aliphatic carbocycles. The second kappa shape index (κ2) is 3.01. The largest absolute Gasteiger partial charge is 0.366 e. The topological polar surface area (TPSA) is 55.5 Å². The van der Waals surface area contributed by atoms with Crippen molar-refractivity contribution in [1.82, 2.24) is 0 Å². The quantitative estimate of drug-likeness (QED) is 0.671. The fraction of sp³-hybridized carbons (Fsp3) is 0.200. The Morgan fingerprint density at radius 2 is 2.31 bits per heavy atom. The zero-order valence-electron chi connectivity index (χ0n) is 7.16. The number of carbonyl (C=O) groups excluding carboxylic acids is 1. The van der Waals surface area contributed by atoms with Gasteiger partial charge in [0.2, 0.25) is 5.91 Å². The predicted octanol–water partition coefficient (Wildman–Crippen LogP) is 0.761. The summed E-state index contributed by atoms with van der Waals surface area (Å²) in [5.41, 5.74) is 7.96. The lowest BCUT2D eigenvalue weighted by molar-refractivity contribution is 0.100. The maximum absolute atomic E-state index is 10.9. The summed E-state index contributed by atoms with van der Waals surface area (Å²) in [5, 5.41) is 0. The van der Waals surface area contributed by atoms with Gasteiger partial charge in [-0.1, -0.05) is 6.07 Å². The van der Waals surface area contributed by atoms with E-state index in [9.17, 15) is 4.79 Å². The SMILES string of the molecule is NC(=O)c1ccc2c(c1)C=NCC2. The van der Waals surface area contributed by atoms with Crippen LogP contribution in [0.1, 0.15) is 21.5 Å². The van der Waals surface area contributed by atoms with Crippen molar-refractivity contribution in [2.24, 2.45) is 10.7 Å². The summed E-state index contributed by atoms with van der Waals surface area (Å²) in [5.74, 6) is -0.387. The van der Waals surface area contributed by atoms with Crippen LogP contribution in [0.3, 0.4) is 0 Å². The zero-order valence-corrected chi connectivity index (χ0v) is 7.16. The van der Waals surface area contributed by atoms with Crippen molar-refractivity contribution in [3.63, 3.8) is 0 Å². The van der Waals surface area contributed by atoms with Crippen LogP contribution >= 0.6 is 0 Å². The highest BCUT2D eigenvalue weighted by Crippen LogP contribution is 2.13. The van der Waals surface area contributed by atoms with Crippen LogP contribution in [0.5, 0.6) is 0 Å². The average molecular weight is 174 g/mol. The van der Waals surface area contributed by atoms with E-state index in [4.69, 9.17) is 5.73 Å². The number of benzene rings is 1. The van der Waals surface area contributed by atoms with Crippen LogP contribution < -0.4 is 5.73 Å². The van der Waals surface area contributed by atoms with Gasteiger partial charge in [-0.15, -0.1) is 0 Å². The number of primary amides is 1. The standard InChI is InChI=1S/C10H10N2O/c11-10(13)8-2-1-7-3-4-12-6-9(7)5-8/h1-2,5-6H,3-4H2,(H2,11,13). The van der Waals surface area contributed by atoms with Crippen molar-refractivity contribution in [3.05, 3.63) is 34.9 Å². The molecule has 3 heteroatoms. The molecule has 0 atom stereocenters. The first-order chi connectivity index (χ1) is 6.27. The molecular weight excluding hydrogens is 164 g/mol. The van der Waals surface area contributed by atoms with Gasteiger partial charge in [-0.25, -0.2) is 0 Å². The number of nitrogens with two attached hydrogens (primary N) is 1. The second-order valence-electron chi connectivity index (χ2n) is 3.06. The molecule has 0 aromatic heterocycles. The zero-order chi connectivity index (χ0) is 9.26. The lowest BCUT2D eigenvalue weighted by Crippen LogP contribution is -2.12. The fourth-order valence-electron chi connectivity index (χ4n) is 1.44. The van der Waals surface area contributed by atoms with Crippen LogP contribution in [0, 0.1) is 0 Å². The molecule has 1 aromatic carbocycles. The highest BCUT2D eigenvalue weighted by atomic mass is 16.1. The van der Waals surface area contributed by atoms with Gasteiger partial charge >= 0.3 is 0 Å². The van der Waals surface area contributed by atoms with Gasteiger partial charge in [0.1, 0.15) is 0 Å². The summed E-state index contributed by atoms with van der Waals surface area (Å²) in [6, 6.07) is 5.50. The van der Waals surface area contributed by atoms with E-state index in [-0.39, 0.29) is 5.91 Å². The number of rotatable bonds is 1. The molecule has 0 unspecified atom stereocenters. The van der Waals surface area contributed by atoms with E-state index in [0.717, 1.165) is 18.5 Å². The molecule has 66 valence electrons. The lowest BCUT2D eigenvalue weighted by atomic mass is 10.0. The molecule has 1 aromatic rings. The smallest absolute Gasteiger partial charge is 0.248 e. The molecule has 13 heavy (non-hydrogen) atoms. The summed E-state index contributed by atoms with van der Waals surface area (Å²) in [6.07, 6.45) is 2.75. The number of amides is 1. The normalized spacial score (nSPS) is 13.8.